The summed E-state index contributed by atoms with van der Waals surface area (Å²) in [6.07, 6.45) is 3.77. The first-order valence-corrected chi connectivity index (χ1v) is 5.70. The van der Waals surface area contributed by atoms with Crippen molar-refractivity contribution in [3.05, 3.63) is 48.6 Å². The quantitative estimate of drug-likeness (QED) is 0.526. The zero-order chi connectivity index (χ0) is 12.3. The lowest BCUT2D eigenvalue weighted by Gasteiger charge is -2.15. The van der Waals surface area contributed by atoms with Crippen molar-refractivity contribution in [2.24, 2.45) is 0 Å². The van der Waals surface area contributed by atoms with Crippen LogP contribution in [0.2, 0.25) is 0 Å². The first-order chi connectivity index (χ1) is 8.36. The molecule has 3 nitrogen and oxygen atoms in total. The Morgan fingerprint density at radius 2 is 2.06 bits per heavy atom. The van der Waals surface area contributed by atoms with Gasteiger partial charge in [0, 0.05) is 6.21 Å². The maximum atomic E-state index is 6.92. The number of hydrogen-bond acceptors (Lipinski definition) is 3. The van der Waals surface area contributed by atoms with Crippen molar-refractivity contribution in [2.45, 2.75) is 19.1 Å². The summed E-state index contributed by atoms with van der Waals surface area (Å²) in [6, 6.07) is 10.0. The molecule has 1 aromatic rings. The van der Waals surface area contributed by atoms with Crippen molar-refractivity contribution in [3.8, 4) is 0 Å². The van der Waals surface area contributed by atoms with E-state index >= 15 is 0 Å². The molecule has 0 saturated carbocycles. The maximum absolute atomic E-state index is 6.92. The predicted molar refractivity (Wildman–Crippen MR) is 69.4 cm³/mol. The number of nitrogens with one attached hydrogen (secondary N) is 1. The second-order valence-corrected chi connectivity index (χ2v) is 3.68. The Bertz CT molecular complexity index is 324. The molecule has 17 heavy (non-hydrogen) atoms. The second-order valence-electron chi connectivity index (χ2n) is 3.68. The predicted octanol–water partition coefficient (Wildman–Crippen LogP) is 2.81. The van der Waals surface area contributed by atoms with Gasteiger partial charge in [-0.3, -0.25) is 0 Å². The van der Waals surface area contributed by atoms with Crippen LogP contribution in [0, 0.1) is 5.41 Å². The van der Waals surface area contributed by atoms with Crippen molar-refractivity contribution in [2.75, 3.05) is 13.2 Å². The van der Waals surface area contributed by atoms with Gasteiger partial charge in [0.25, 0.3) is 0 Å². The van der Waals surface area contributed by atoms with Crippen molar-refractivity contribution < 1.29 is 9.47 Å². The van der Waals surface area contributed by atoms with Crippen LogP contribution in [-0.2, 0) is 16.1 Å². The van der Waals surface area contributed by atoms with Crippen LogP contribution in [0.15, 0.2) is 43.0 Å². The molecule has 1 aromatic carbocycles. The SMILES string of the molecule is C=CCC(COCc1ccccc1)OCC=N. The third-order valence-electron chi connectivity index (χ3n) is 2.26. The van der Waals surface area contributed by atoms with Gasteiger partial charge in [0.1, 0.15) is 0 Å². The molecule has 0 radical (unpaired) electrons. The van der Waals surface area contributed by atoms with Gasteiger partial charge in [0.15, 0.2) is 0 Å². The molecular weight excluding hydrogens is 214 g/mol. The number of benzene rings is 1. The largest absolute Gasteiger partial charge is 0.374 e. The Morgan fingerprint density at radius 1 is 1.29 bits per heavy atom. The van der Waals surface area contributed by atoms with Crippen LogP contribution in [0.3, 0.4) is 0 Å². The molecule has 1 rings (SSSR count). The highest BCUT2D eigenvalue weighted by Gasteiger charge is 2.06. The third kappa shape index (κ3) is 6.00. The zero-order valence-electron chi connectivity index (χ0n) is 9.97. The lowest BCUT2D eigenvalue weighted by molar-refractivity contribution is -0.00517. The first kappa shape index (κ1) is 13.6. The molecule has 0 aliphatic rings. The molecule has 0 heterocycles. The van der Waals surface area contributed by atoms with Crippen molar-refractivity contribution >= 4 is 6.21 Å². The molecule has 0 amide bonds. The van der Waals surface area contributed by atoms with Crippen LogP contribution < -0.4 is 0 Å². The zero-order valence-corrected chi connectivity index (χ0v) is 9.97. The Labute approximate surface area is 103 Å². The summed E-state index contributed by atoms with van der Waals surface area (Å²) in [5.41, 5.74) is 1.15. The average Bonchev–Trinajstić information content (AvgIpc) is 2.37. The summed E-state index contributed by atoms with van der Waals surface area (Å²) >= 11 is 0. The Morgan fingerprint density at radius 3 is 2.71 bits per heavy atom. The molecule has 0 aliphatic carbocycles. The summed E-state index contributed by atoms with van der Waals surface area (Å²) in [7, 11) is 0. The van der Waals surface area contributed by atoms with E-state index in [2.05, 4.69) is 6.58 Å². The van der Waals surface area contributed by atoms with E-state index in [9.17, 15) is 0 Å². The molecule has 0 aromatic heterocycles. The minimum atomic E-state index is -0.0159. The molecule has 1 N–H and O–H groups in total. The molecule has 92 valence electrons. The molecule has 1 unspecified atom stereocenters. The highest BCUT2D eigenvalue weighted by Crippen LogP contribution is 2.04. The van der Waals surface area contributed by atoms with Crippen LogP contribution in [-0.4, -0.2) is 25.5 Å². The topological polar surface area (TPSA) is 42.3 Å². The average molecular weight is 233 g/mol. The first-order valence-electron chi connectivity index (χ1n) is 5.70. The van der Waals surface area contributed by atoms with E-state index in [1.165, 1.54) is 6.21 Å². The Hall–Kier alpha value is -1.45. The van der Waals surface area contributed by atoms with Crippen molar-refractivity contribution in [1.29, 1.82) is 5.41 Å². The number of ether oxygens (including phenoxy) is 2. The van der Waals surface area contributed by atoms with Gasteiger partial charge in [0.2, 0.25) is 0 Å². The van der Waals surface area contributed by atoms with E-state index in [-0.39, 0.29) is 6.10 Å². The van der Waals surface area contributed by atoms with E-state index < -0.39 is 0 Å². The van der Waals surface area contributed by atoms with E-state index in [0.717, 1.165) is 12.0 Å². The van der Waals surface area contributed by atoms with E-state index in [1.54, 1.807) is 6.08 Å². The van der Waals surface area contributed by atoms with Gasteiger partial charge >= 0.3 is 0 Å². The van der Waals surface area contributed by atoms with Gasteiger partial charge in [-0.25, -0.2) is 0 Å². The summed E-state index contributed by atoms with van der Waals surface area (Å²) in [5.74, 6) is 0. The summed E-state index contributed by atoms with van der Waals surface area (Å²) in [6.45, 7) is 5.12. The molecule has 0 saturated heterocycles. The van der Waals surface area contributed by atoms with Crippen LogP contribution in [0.5, 0.6) is 0 Å². The maximum Gasteiger partial charge on any atom is 0.0847 e. The van der Waals surface area contributed by atoms with Crippen LogP contribution >= 0.6 is 0 Å². The Balaban J connectivity index is 2.26. The molecular formula is C14H19NO2. The fourth-order valence-corrected chi connectivity index (χ4v) is 1.44. The standard InChI is InChI=1S/C14H19NO2/c1-2-6-14(17-10-9-15)12-16-11-13-7-4-3-5-8-13/h2-5,7-9,14-15H,1,6,10-12H2. The number of hydrogen-bond donors (Lipinski definition) is 1. The normalized spacial score (nSPS) is 12.0. The van der Waals surface area contributed by atoms with E-state index in [0.29, 0.717) is 19.8 Å². The lowest BCUT2D eigenvalue weighted by Crippen LogP contribution is -2.20. The van der Waals surface area contributed by atoms with Crippen LogP contribution in [0.25, 0.3) is 0 Å². The van der Waals surface area contributed by atoms with Crippen molar-refractivity contribution in [1.82, 2.24) is 0 Å². The van der Waals surface area contributed by atoms with Crippen LogP contribution in [0.1, 0.15) is 12.0 Å². The fraction of sp³-hybridized carbons (Fsp3) is 0.357. The summed E-state index contributed by atoms with van der Waals surface area (Å²) in [5, 5.41) is 6.92. The molecule has 3 heteroatoms. The lowest BCUT2D eigenvalue weighted by atomic mass is 10.2. The third-order valence-corrected chi connectivity index (χ3v) is 2.26. The van der Waals surface area contributed by atoms with Gasteiger partial charge in [-0.1, -0.05) is 36.4 Å². The van der Waals surface area contributed by atoms with Gasteiger partial charge in [-0.05, 0) is 12.0 Å². The highest BCUT2D eigenvalue weighted by atomic mass is 16.5. The molecule has 1 atom stereocenters. The minimum Gasteiger partial charge on any atom is -0.374 e. The molecule has 0 spiro atoms. The molecule has 0 aliphatic heterocycles. The van der Waals surface area contributed by atoms with Crippen molar-refractivity contribution in [3.63, 3.8) is 0 Å². The minimum absolute atomic E-state index is 0.0159. The summed E-state index contributed by atoms with van der Waals surface area (Å²) in [4.78, 5) is 0. The molecule has 0 bridgehead atoms. The van der Waals surface area contributed by atoms with Crippen LogP contribution in [0.4, 0.5) is 0 Å². The van der Waals surface area contributed by atoms with Gasteiger partial charge in [-0.15, -0.1) is 6.58 Å². The monoisotopic (exact) mass is 233 g/mol. The molecule has 0 fully saturated rings. The smallest absolute Gasteiger partial charge is 0.0847 e. The summed E-state index contributed by atoms with van der Waals surface area (Å²) < 4.78 is 11.0. The number of rotatable bonds is 9. The van der Waals surface area contributed by atoms with Gasteiger partial charge in [0.05, 0.1) is 25.9 Å². The fourth-order valence-electron chi connectivity index (χ4n) is 1.44. The van der Waals surface area contributed by atoms with Gasteiger partial charge in [-0.2, -0.15) is 0 Å². The highest BCUT2D eigenvalue weighted by molar-refractivity contribution is 5.54. The van der Waals surface area contributed by atoms with E-state index in [1.807, 2.05) is 30.3 Å². The van der Waals surface area contributed by atoms with Gasteiger partial charge < -0.3 is 14.9 Å². The van der Waals surface area contributed by atoms with E-state index in [4.69, 9.17) is 14.9 Å². The second kappa shape index (κ2) is 8.67. The Kier molecular flexibility index (Phi) is 6.95.